The van der Waals surface area contributed by atoms with Gasteiger partial charge in [0.15, 0.2) is 0 Å². The zero-order chi connectivity index (χ0) is 11.4. The molecule has 1 N–H and O–H groups in total. The van der Waals surface area contributed by atoms with E-state index >= 15 is 0 Å². The Morgan fingerprint density at radius 3 is 3.00 bits per heavy atom. The van der Waals surface area contributed by atoms with Gasteiger partial charge in [-0.15, -0.1) is 11.3 Å². The van der Waals surface area contributed by atoms with Gasteiger partial charge in [-0.2, -0.15) is 0 Å². The number of benzene rings is 1. The van der Waals surface area contributed by atoms with E-state index in [0.29, 0.717) is 0 Å². The van der Waals surface area contributed by atoms with Crippen LogP contribution in [0.2, 0.25) is 0 Å². The summed E-state index contributed by atoms with van der Waals surface area (Å²) >= 11 is 1.82. The van der Waals surface area contributed by atoms with Gasteiger partial charge in [0.2, 0.25) is 0 Å². The third-order valence-electron chi connectivity index (χ3n) is 2.41. The summed E-state index contributed by atoms with van der Waals surface area (Å²) in [5, 5.41) is 4.52. The first-order valence-corrected chi connectivity index (χ1v) is 6.45. The lowest BCUT2D eigenvalue weighted by atomic mass is 10.2. The number of ether oxygens (including phenoxy) is 1. The Morgan fingerprint density at radius 1 is 1.31 bits per heavy atom. The summed E-state index contributed by atoms with van der Waals surface area (Å²) in [4.78, 5) is 1.35. The van der Waals surface area contributed by atoms with Gasteiger partial charge in [-0.3, -0.25) is 0 Å². The second-order valence-electron chi connectivity index (χ2n) is 3.76. The first-order chi connectivity index (χ1) is 7.79. The second-order valence-corrected chi connectivity index (χ2v) is 5.05. The molecule has 2 rings (SSSR count). The number of aryl methyl sites for hydroxylation is 1. The smallest absolute Gasteiger partial charge is 0.120 e. The van der Waals surface area contributed by atoms with E-state index in [4.69, 9.17) is 4.74 Å². The second kappa shape index (κ2) is 5.32. The molecule has 1 aromatic heterocycles. The molecule has 0 radical (unpaired) electrons. The number of hydrogen-bond acceptors (Lipinski definition) is 3. The van der Waals surface area contributed by atoms with E-state index in [1.807, 2.05) is 17.4 Å². The lowest BCUT2D eigenvalue weighted by molar-refractivity contribution is 0.316. The lowest BCUT2D eigenvalue weighted by Crippen LogP contribution is -2.20. The van der Waals surface area contributed by atoms with Gasteiger partial charge >= 0.3 is 0 Å². The van der Waals surface area contributed by atoms with Crippen LogP contribution in [-0.2, 0) is 0 Å². The largest absolute Gasteiger partial charge is 0.492 e. The van der Waals surface area contributed by atoms with Gasteiger partial charge in [-0.25, -0.2) is 0 Å². The number of thiophene rings is 1. The van der Waals surface area contributed by atoms with Crippen molar-refractivity contribution in [1.29, 1.82) is 0 Å². The number of fused-ring (bicyclic) bond motifs is 1. The highest BCUT2D eigenvalue weighted by Gasteiger charge is 2.00. The Kier molecular flexibility index (Phi) is 3.80. The molecular formula is C13H17NOS. The fourth-order valence-electron chi connectivity index (χ4n) is 1.66. The molecule has 0 unspecified atom stereocenters. The van der Waals surface area contributed by atoms with E-state index in [2.05, 4.69) is 37.4 Å². The van der Waals surface area contributed by atoms with Crippen molar-refractivity contribution < 1.29 is 4.74 Å². The maximum atomic E-state index is 5.67. The molecule has 86 valence electrons. The molecule has 0 amide bonds. The molecule has 2 aromatic rings. The molecule has 0 aliphatic heterocycles. The Bertz CT molecular complexity index is 464. The highest BCUT2D eigenvalue weighted by Crippen LogP contribution is 2.28. The van der Waals surface area contributed by atoms with Crippen molar-refractivity contribution in [2.75, 3.05) is 19.7 Å². The van der Waals surface area contributed by atoms with Gasteiger partial charge in [-0.05, 0) is 43.1 Å². The van der Waals surface area contributed by atoms with Crippen LogP contribution in [0.25, 0.3) is 10.1 Å². The van der Waals surface area contributed by atoms with E-state index in [9.17, 15) is 0 Å². The summed E-state index contributed by atoms with van der Waals surface area (Å²) in [6.07, 6.45) is 0. The first kappa shape index (κ1) is 11.4. The minimum Gasteiger partial charge on any atom is -0.492 e. The highest BCUT2D eigenvalue weighted by atomic mass is 32.1. The van der Waals surface area contributed by atoms with Crippen molar-refractivity contribution in [3.8, 4) is 5.75 Å². The molecule has 0 aliphatic rings. The maximum absolute atomic E-state index is 5.67. The molecule has 3 heteroatoms. The minimum absolute atomic E-state index is 0.725. The van der Waals surface area contributed by atoms with Crippen molar-refractivity contribution in [2.24, 2.45) is 0 Å². The van der Waals surface area contributed by atoms with Crippen molar-refractivity contribution in [3.63, 3.8) is 0 Å². The highest BCUT2D eigenvalue weighted by molar-refractivity contribution is 7.19. The number of rotatable bonds is 5. The molecule has 0 atom stereocenters. The maximum Gasteiger partial charge on any atom is 0.120 e. The monoisotopic (exact) mass is 235 g/mol. The van der Waals surface area contributed by atoms with Gasteiger partial charge in [0.25, 0.3) is 0 Å². The van der Waals surface area contributed by atoms with Gasteiger partial charge in [0.1, 0.15) is 12.4 Å². The van der Waals surface area contributed by atoms with Gasteiger partial charge in [0.05, 0.1) is 0 Å². The van der Waals surface area contributed by atoms with Gasteiger partial charge < -0.3 is 10.1 Å². The van der Waals surface area contributed by atoms with Crippen LogP contribution in [0.5, 0.6) is 5.75 Å². The van der Waals surface area contributed by atoms with Crippen molar-refractivity contribution in [1.82, 2.24) is 5.32 Å². The van der Waals surface area contributed by atoms with Gasteiger partial charge in [0, 0.05) is 16.1 Å². The molecule has 0 saturated heterocycles. The zero-order valence-electron chi connectivity index (χ0n) is 9.75. The molecular weight excluding hydrogens is 218 g/mol. The molecule has 0 saturated carbocycles. The predicted molar refractivity (Wildman–Crippen MR) is 70.6 cm³/mol. The fourth-order valence-corrected chi connectivity index (χ4v) is 2.57. The Morgan fingerprint density at radius 2 is 2.19 bits per heavy atom. The van der Waals surface area contributed by atoms with Crippen LogP contribution < -0.4 is 10.1 Å². The SMILES string of the molecule is CCNCCOc1ccc2sc(C)cc2c1. The summed E-state index contributed by atoms with van der Waals surface area (Å²) in [6, 6.07) is 8.50. The lowest BCUT2D eigenvalue weighted by Gasteiger charge is -2.06. The summed E-state index contributed by atoms with van der Waals surface area (Å²) < 4.78 is 7.00. The molecule has 2 nitrogen and oxygen atoms in total. The van der Waals surface area contributed by atoms with Gasteiger partial charge in [-0.1, -0.05) is 6.92 Å². The Hall–Kier alpha value is -1.06. The van der Waals surface area contributed by atoms with E-state index in [1.54, 1.807) is 0 Å². The number of nitrogens with one attached hydrogen (secondary N) is 1. The topological polar surface area (TPSA) is 21.3 Å². The molecule has 1 aromatic carbocycles. The fraction of sp³-hybridized carbons (Fsp3) is 0.385. The third kappa shape index (κ3) is 2.74. The zero-order valence-corrected chi connectivity index (χ0v) is 10.6. The van der Waals surface area contributed by atoms with E-state index < -0.39 is 0 Å². The molecule has 0 bridgehead atoms. The molecule has 16 heavy (non-hydrogen) atoms. The average Bonchev–Trinajstić information content (AvgIpc) is 2.64. The average molecular weight is 235 g/mol. The van der Waals surface area contributed by atoms with Crippen LogP contribution in [0.1, 0.15) is 11.8 Å². The first-order valence-electron chi connectivity index (χ1n) is 5.63. The summed E-state index contributed by atoms with van der Waals surface area (Å²) in [5.74, 6) is 0.961. The number of hydrogen-bond donors (Lipinski definition) is 1. The Labute approximate surface area is 100 Å². The van der Waals surface area contributed by atoms with E-state index in [-0.39, 0.29) is 0 Å². The van der Waals surface area contributed by atoms with Crippen molar-refractivity contribution in [3.05, 3.63) is 29.1 Å². The summed E-state index contributed by atoms with van der Waals surface area (Å²) in [7, 11) is 0. The molecule has 0 aliphatic carbocycles. The van der Waals surface area contributed by atoms with Crippen LogP contribution in [0.15, 0.2) is 24.3 Å². The van der Waals surface area contributed by atoms with Crippen LogP contribution >= 0.6 is 11.3 Å². The Balaban J connectivity index is 2.02. The van der Waals surface area contributed by atoms with Crippen LogP contribution in [0.4, 0.5) is 0 Å². The third-order valence-corrected chi connectivity index (χ3v) is 3.44. The molecule has 0 fully saturated rings. The minimum atomic E-state index is 0.725. The van der Waals surface area contributed by atoms with E-state index in [0.717, 1.165) is 25.4 Å². The van der Waals surface area contributed by atoms with Crippen LogP contribution in [-0.4, -0.2) is 19.7 Å². The summed E-state index contributed by atoms with van der Waals surface area (Å²) in [5.41, 5.74) is 0. The normalized spacial score (nSPS) is 10.9. The molecule has 0 spiro atoms. The predicted octanol–water partition coefficient (Wildman–Crippen LogP) is 3.20. The molecule has 1 heterocycles. The number of likely N-dealkylation sites (N-methyl/N-ethyl adjacent to an activating group) is 1. The van der Waals surface area contributed by atoms with E-state index in [1.165, 1.54) is 15.0 Å². The van der Waals surface area contributed by atoms with Crippen molar-refractivity contribution >= 4 is 21.4 Å². The van der Waals surface area contributed by atoms with Crippen LogP contribution in [0.3, 0.4) is 0 Å². The summed E-state index contributed by atoms with van der Waals surface area (Å²) in [6.45, 7) is 6.85. The quantitative estimate of drug-likeness (QED) is 0.804. The standard InChI is InChI=1S/C13H17NOS/c1-3-14-6-7-15-12-4-5-13-11(9-12)8-10(2)16-13/h4-5,8-9,14H,3,6-7H2,1-2H3. The van der Waals surface area contributed by atoms with Crippen LogP contribution in [0, 0.1) is 6.92 Å². The van der Waals surface area contributed by atoms with Crippen molar-refractivity contribution in [2.45, 2.75) is 13.8 Å².